The number of benzene rings is 1. The number of carboxylic acids is 1. The molecule has 4 unspecified atom stereocenters. The topological polar surface area (TPSA) is 151 Å². The van der Waals surface area contributed by atoms with E-state index in [9.17, 15) is 19.2 Å². The lowest BCUT2D eigenvalue weighted by atomic mass is 10.0. The first kappa shape index (κ1) is 26.8. The first-order valence-electron chi connectivity index (χ1n) is 9.75. The molecule has 9 nitrogen and oxygen atoms in total. The van der Waals surface area contributed by atoms with E-state index < -0.39 is 47.9 Å². The molecule has 3 amide bonds. The molecule has 31 heavy (non-hydrogen) atoms. The fraction of sp³-hybridized carbons (Fsp3) is 0.500. The highest BCUT2D eigenvalue weighted by atomic mass is 32.1. The van der Waals surface area contributed by atoms with Crippen molar-refractivity contribution in [2.45, 2.75) is 44.4 Å². The van der Waals surface area contributed by atoms with Crippen LogP contribution in [0.5, 0.6) is 0 Å². The number of carbonyl (C=O) groups excluding carboxylic acids is 3. The Kier molecular flexibility index (Phi) is 11.4. The monoisotopic (exact) mass is 470 g/mol. The molecule has 0 saturated heterocycles. The normalized spacial score (nSPS) is 14.8. The molecule has 6 N–H and O–H groups in total. The lowest BCUT2D eigenvalue weighted by Gasteiger charge is -2.27. The Labute approximate surface area is 192 Å². The van der Waals surface area contributed by atoms with Crippen LogP contribution in [0.3, 0.4) is 0 Å². The Balaban J connectivity index is 3.02. The molecular formula is C20H30N4O5S2. The van der Waals surface area contributed by atoms with Gasteiger partial charge in [-0.1, -0.05) is 44.2 Å². The van der Waals surface area contributed by atoms with E-state index >= 15 is 0 Å². The summed E-state index contributed by atoms with van der Waals surface area (Å²) in [7, 11) is 0. The third kappa shape index (κ3) is 8.80. The number of rotatable bonds is 12. The largest absolute Gasteiger partial charge is 0.480 e. The Hall–Kier alpha value is -2.24. The summed E-state index contributed by atoms with van der Waals surface area (Å²) in [5.74, 6) is -3.36. The fourth-order valence-electron chi connectivity index (χ4n) is 2.66. The quantitative estimate of drug-likeness (QED) is 0.207. The minimum atomic E-state index is -1.23. The van der Waals surface area contributed by atoms with E-state index in [0.717, 1.165) is 5.56 Å². The number of carbonyl (C=O) groups is 4. The zero-order valence-corrected chi connectivity index (χ0v) is 19.2. The number of carboxylic acid groups (broad SMARTS) is 1. The lowest BCUT2D eigenvalue weighted by Crippen LogP contribution is -2.59. The Morgan fingerprint density at radius 3 is 1.97 bits per heavy atom. The van der Waals surface area contributed by atoms with E-state index in [1.165, 1.54) is 0 Å². The van der Waals surface area contributed by atoms with E-state index in [1.54, 1.807) is 26.0 Å². The van der Waals surface area contributed by atoms with Gasteiger partial charge >= 0.3 is 5.97 Å². The molecule has 0 fully saturated rings. The second-order valence-corrected chi connectivity index (χ2v) is 8.08. The molecule has 0 radical (unpaired) electrons. The van der Waals surface area contributed by atoms with Crippen LogP contribution in [0, 0.1) is 5.92 Å². The zero-order valence-electron chi connectivity index (χ0n) is 17.4. The van der Waals surface area contributed by atoms with Crippen molar-refractivity contribution >= 4 is 48.9 Å². The first-order chi connectivity index (χ1) is 14.6. The minimum Gasteiger partial charge on any atom is -0.480 e. The van der Waals surface area contributed by atoms with E-state index in [4.69, 9.17) is 10.8 Å². The van der Waals surface area contributed by atoms with Crippen molar-refractivity contribution in [3.05, 3.63) is 35.9 Å². The van der Waals surface area contributed by atoms with Crippen LogP contribution >= 0.6 is 25.3 Å². The molecule has 0 aliphatic heterocycles. The molecule has 0 aromatic heterocycles. The van der Waals surface area contributed by atoms with Gasteiger partial charge in [-0.05, 0) is 11.5 Å². The van der Waals surface area contributed by atoms with Crippen LogP contribution in [0.25, 0.3) is 0 Å². The highest BCUT2D eigenvalue weighted by Crippen LogP contribution is 2.08. The van der Waals surface area contributed by atoms with Crippen molar-refractivity contribution in [2.24, 2.45) is 11.7 Å². The van der Waals surface area contributed by atoms with Gasteiger partial charge in [-0.3, -0.25) is 14.4 Å². The van der Waals surface area contributed by atoms with E-state index in [0.29, 0.717) is 0 Å². The summed E-state index contributed by atoms with van der Waals surface area (Å²) in [6.45, 7) is 3.42. The molecule has 172 valence electrons. The number of thiol groups is 2. The Morgan fingerprint density at radius 2 is 1.48 bits per heavy atom. The van der Waals surface area contributed by atoms with Crippen molar-refractivity contribution in [3.8, 4) is 0 Å². The van der Waals surface area contributed by atoms with Gasteiger partial charge in [0.25, 0.3) is 0 Å². The summed E-state index contributed by atoms with van der Waals surface area (Å²) in [5, 5.41) is 16.7. The maximum atomic E-state index is 13.0. The summed E-state index contributed by atoms with van der Waals surface area (Å²) in [6, 6.07) is 4.96. The predicted molar refractivity (Wildman–Crippen MR) is 124 cm³/mol. The van der Waals surface area contributed by atoms with Gasteiger partial charge in [0.15, 0.2) is 0 Å². The second kappa shape index (κ2) is 13.2. The smallest absolute Gasteiger partial charge is 0.327 e. The number of hydrogen-bond acceptors (Lipinski definition) is 7. The molecule has 1 aromatic rings. The van der Waals surface area contributed by atoms with Gasteiger partial charge in [-0.15, -0.1) is 0 Å². The Morgan fingerprint density at radius 1 is 0.903 bits per heavy atom. The third-order valence-electron chi connectivity index (χ3n) is 4.49. The third-order valence-corrected chi connectivity index (χ3v) is 5.25. The van der Waals surface area contributed by atoms with Crippen molar-refractivity contribution < 1.29 is 24.3 Å². The van der Waals surface area contributed by atoms with Crippen LogP contribution in [0.15, 0.2) is 30.3 Å². The predicted octanol–water partition coefficient (Wildman–Crippen LogP) is -0.389. The van der Waals surface area contributed by atoms with Gasteiger partial charge in [0, 0.05) is 17.9 Å². The highest BCUT2D eigenvalue weighted by molar-refractivity contribution is 7.80. The van der Waals surface area contributed by atoms with Crippen LogP contribution in [0.2, 0.25) is 0 Å². The molecule has 11 heteroatoms. The van der Waals surface area contributed by atoms with E-state index in [2.05, 4.69) is 41.2 Å². The number of amides is 3. The van der Waals surface area contributed by atoms with Gasteiger partial charge < -0.3 is 26.8 Å². The summed E-state index contributed by atoms with van der Waals surface area (Å²) < 4.78 is 0. The van der Waals surface area contributed by atoms with Gasteiger partial charge in [0.1, 0.15) is 18.1 Å². The summed E-state index contributed by atoms with van der Waals surface area (Å²) in [4.78, 5) is 49.1. The van der Waals surface area contributed by atoms with Crippen LogP contribution in [0.4, 0.5) is 0 Å². The lowest BCUT2D eigenvalue weighted by molar-refractivity contribution is -0.142. The fourth-order valence-corrected chi connectivity index (χ4v) is 3.07. The molecule has 4 atom stereocenters. The van der Waals surface area contributed by atoms with E-state index in [1.807, 2.05) is 18.2 Å². The molecule has 0 saturated carbocycles. The number of nitrogens with one attached hydrogen (secondary N) is 3. The maximum absolute atomic E-state index is 13.0. The van der Waals surface area contributed by atoms with Crippen LogP contribution in [0.1, 0.15) is 19.4 Å². The van der Waals surface area contributed by atoms with Crippen molar-refractivity contribution in [1.29, 1.82) is 0 Å². The molecule has 0 spiro atoms. The standard InChI is InChI=1S/C20H30N4O5S2/c1-11(2)16(19(27)23-15(10-31)20(28)29)24-18(26)14(22-17(25)13(21)9-30)8-12-6-4-3-5-7-12/h3-7,11,13-16,30-31H,8-10,21H2,1-2H3,(H,22,25)(H,23,27)(H,24,26)(H,28,29). The van der Waals surface area contributed by atoms with Crippen LogP contribution in [-0.2, 0) is 25.6 Å². The van der Waals surface area contributed by atoms with Crippen LogP contribution < -0.4 is 21.7 Å². The van der Waals surface area contributed by atoms with E-state index in [-0.39, 0.29) is 23.8 Å². The van der Waals surface area contributed by atoms with Gasteiger partial charge in [-0.2, -0.15) is 25.3 Å². The van der Waals surface area contributed by atoms with Crippen molar-refractivity contribution in [2.75, 3.05) is 11.5 Å². The number of nitrogens with two attached hydrogens (primary N) is 1. The average Bonchev–Trinajstić information content (AvgIpc) is 2.74. The van der Waals surface area contributed by atoms with Crippen LogP contribution in [-0.4, -0.2) is 64.5 Å². The Bertz CT molecular complexity index is 763. The van der Waals surface area contributed by atoms with Crippen molar-refractivity contribution in [3.63, 3.8) is 0 Å². The molecule has 1 rings (SSSR count). The molecule has 0 bridgehead atoms. The van der Waals surface area contributed by atoms with Gasteiger partial charge in [0.05, 0.1) is 6.04 Å². The summed E-state index contributed by atoms with van der Waals surface area (Å²) in [6.07, 6.45) is 0.179. The minimum absolute atomic E-state index is 0.100. The summed E-state index contributed by atoms with van der Waals surface area (Å²) in [5.41, 5.74) is 6.51. The molecule has 1 aromatic carbocycles. The molecule has 0 heterocycles. The molecule has 0 aliphatic carbocycles. The van der Waals surface area contributed by atoms with Gasteiger partial charge in [-0.25, -0.2) is 4.79 Å². The second-order valence-electron chi connectivity index (χ2n) is 7.35. The number of hydrogen-bond donors (Lipinski definition) is 7. The number of aliphatic carboxylic acids is 1. The zero-order chi connectivity index (χ0) is 23.6. The molecule has 0 aliphatic rings. The van der Waals surface area contributed by atoms with Crippen molar-refractivity contribution in [1.82, 2.24) is 16.0 Å². The molecular weight excluding hydrogens is 440 g/mol. The van der Waals surface area contributed by atoms with Gasteiger partial charge in [0.2, 0.25) is 17.7 Å². The maximum Gasteiger partial charge on any atom is 0.327 e. The SMILES string of the molecule is CC(C)C(NC(=O)C(Cc1ccccc1)NC(=O)C(N)CS)C(=O)NC(CS)C(=O)O. The first-order valence-corrected chi connectivity index (χ1v) is 11.0. The average molecular weight is 471 g/mol. The summed E-state index contributed by atoms with van der Waals surface area (Å²) >= 11 is 7.93. The highest BCUT2D eigenvalue weighted by Gasteiger charge is 2.31.